The standard InChI is InChI=1S/C14H31N3O6/c1-5-15(11-14(18)19)7-9-17(13-23-21-4)10-8-16(6-2)12-22-20-3/h5-13H2,1-4H3,(H,18,19). The molecule has 0 aromatic heterocycles. The average Bonchev–Trinajstić information content (AvgIpc) is 2.54. The number of carboxylic acids is 1. The van der Waals surface area contributed by atoms with Gasteiger partial charge in [-0.3, -0.25) is 19.5 Å². The third-order valence-corrected chi connectivity index (χ3v) is 3.42. The molecule has 9 heteroatoms. The van der Waals surface area contributed by atoms with Crippen LogP contribution < -0.4 is 0 Å². The highest BCUT2D eigenvalue weighted by Crippen LogP contribution is 1.97. The average molecular weight is 337 g/mol. The molecule has 0 spiro atoms. The first-order valence-electron chi connectivity index (χ1n) is 7.77. The first-order valence-corrected chi connectivity index (χ1v) is 7.77. The highest BCUT2D eigenvalue weighted by atomic mass is 17.2. The van der Waals surface area contributed by atoms with Gasteiger partial charge in [-0.2, -0.15) is 0 Å². The Morgan fingerprint density at radius 3 is 1.70 bits per heavy atom. The Bertz CT molecular complexity index is 296. The van der Waals surface area contributed by atoms with E-state index in [1.807, 2.05) is 18.7 Å². The van der Waals surface area contributed by atoms with E-state index in [0.717, 1.165) is 19.6 Å². The molecule has 0 atom stereocenters. The summed E-state index contributed by atoms with van der Waals surface area (Å²) in [4.78, 5) is 36.0. The van der Waals surface area contributed by atoms with Crippen molar-refractivity contribution in [3.63, 3.8) is 0 Å². The van der Waals surface area contributed by atoms with Crippen molar-refractivity contribution in [1.29, 1.82) is 0 Å². The number of nitrogens with zero attached hydrogens (tertiary/aromatic N) is 3. The Hall–Kier alpha value is -0.810. The molecule has 138 valence electrons. The number of likely N-dealkylation sites (N-methyl/N-ethyl adjacent to an activating group) is 2. The van der Waals surface area contributed by atoms with Gasteiger partial charge in [0.05, 0.1) is 20.8 Å². The highest BCUT2D eigenvalue weighted by Gasteiger charge is 2.12. The van der Waals surface area contributed by atoms with E-state index in [1.54, 1.807) is 0 Å². The lowest BCUT2D eigenvalue weighted by atomic mass is 10.4. The minimum absolute atomic E-state index is 0.0399. The monoisotopic (exact) mass is 337 g/mol. The molecule has 0 radical (unpaired) electrons. The summed E-state index contributed by atoms with van der Waals surface area (Å²) in [5.74, 6) is -0.819. The van der Waals surface area contributed by atoms with Crippen LogP contribution in [0.3, 0.4) is 0 Å². The maximum Gasteiger partial charge on any atom is 0.317 e. The van der Waals surface area contributed by atoms with Crippen molar-refractivity contribution in [2.24, 2.45) is 0 Å². The molecule has 0 aliphatic rings. The summed E-state index contributed by atoms with van der Waals surface area (Å²) in [6.45, 7) is 9.13. The zero-order valence-corrected chi connectivity index (χ0v) is 14.7. The van der Waals surface area contributed by atoms with Crippen molar-refractivity contribution in [1.82, 2.24) is 14.7 Å². The van der Waals surface area contributed by atoms with E-state index in [9.17, 15) is 4.79 Å². The molecule has 9 nitrogen and oxygen atoms in total. The van der Waals surface area contributed by atoms with Gasteiger partial charge in [-0.1, -0.05) is 13.8 Å². The summed E-state index contributed by atoms with van der Waals surface area (Å²) in [6, 6.07) is 0. The lowest BCUT2D eigenvalue weighted by Crippen LogP contribution is -2.42. The van der Waals surface area contributed by atoms with Gasteiger partial charge in [0, 0.05) is 26.2 Å². The van der Waals surface area contributed by atoms with Crippen molar-refractivity contribution in [2.75, 3.05) is 73.5 Å². The van der Waals surface area contributed by atoms with E-state index in [4.69, 9.17) is 14.9 Å². The van der Waals surface area contributed by atoms with Crippen LogP contribution in [0.5, 0.6) is 0 Å². The van der Waals surface area contributed by atoms with E-state index in [1.165, 1.54) is 14.2 Å². The maximum absolute atomic E-state index is 10.8. The van der Waals surface area contributed by atoms with Gasteiger partial charge in [-0.05, 0) is 13.1 Å². The number of carbonyl (C=O) groups is 1. The van der Waals surface area contributed by atoms with Crippen LogP contribution in [0.4, 0.5) is 0 Å². The van der Waals surface area contributed by atoms with Gasteiger partial charge in [0.2, 0.25) is 0 Å². The molecule has 0 unspecified atom stereocenters. The summed E-state index contributed by atoms with van der Waals surface area (Å²) in [5.41, 5.74) is 0. The van der Waals surface area contributed by atoms with Crippen molar-refractivity contribution >= 4 is 5.97 Å². The molecule has 0 saturated carbocycles. The molecule has 1 N–H and O–H groups in total. The third kappa shape index (κ3) is 12.3. The Balaban J connectivity index is 4.29. The Labute approximate surface area is 138 Å². The molecule has 0 aliphatic carbocycles. The van der Waals surface area contributed by atoms with Gasteiger partial charge >= 0.3 is 5.97 Å². The van der Waals surface area contributed by atoms with Crippen molar-refractivity contribution in [3.8, 4) is 0 Å². The fraction of sp³-hybridized carbons (Fsp3) is 0.929. The Kier molecular flexibility index (Phi) is 14.2. The molecule has 0 aliphatic heterocycles. The third-order valence-electron chi connectivity index (χ3n) is 3.42. The quantitative estimate of drug-likeness (QED) is 0.239. The minimum Gasteiger partial charge on any atom is -0.480 e. The minimum atomic E-state index is -0.819. The van der Waals surface area contributed by atoms with Crippen LogP contribution >= 0.6 is 0 Å². The first-order chi connectivity index (χ1) is 11.1. The molecule has 0 bridgehead atoms. The smallest absolute Gasteiger partial charge is 0.317 e. The summed E-state index contributed by atoms with van der Waals surface area (Å²) in [6.07, 6.45) is 0. The van der Waals surface area contributed by atoms with Crippen molar-refractivity contribution in [2.45, 2.75) is 13.8 Å². The SMILES string of the molecule is CCN(CCN(CCN(CC)CC(=O)O)COOC)COOC. The summed E-state index contributed by atoms with van der Waals surface area (Å²) in [5, 5.41) is 8.88. The number of hydrogen-bond acceptors (Lipinski definition) is 8. The largest absolute Gasteiger partial charge is 0.480 e. The van der Waals surface area contributed by atoms with Crippen LogP contribution in [0.15, 0.2) is 0 Å². The number of aliphatic carboxylic acids is 1. The van der Waals surface area contributed by atoms with Gasteiger partial charge < -0.3 is 5.11 Å². The zero-order chi connectivity index (χ0) is 17.5. The predicted molar refractivity (Wildman–Crippen MR) is 84.5 cm³/mol. The summed E-state index contributed by atoms with van der Waals surface area (Å²) in [7, 11) is 2.94. The fourth-order valence-electron chi connectivity index (χ4n) is 1.92. The number of hydrogen-bond donors (Lipinski definition) is 1. The second-order valence-corrected chi connectivity index (χ2v) is 4.92. The van der Waals surface area contributed by atoms with Crippen LogP contribution in [-0.4, -0.2) is 99.3 Å². The van der Waals surface area contributed by atoms with E-state index in [-0.39, 0.29) is 6.54 Å². The molecule has 0 amide bonds. The van der Waals surface area contributed by atoms with Gasteiger partial charge in [-0.15, -0.1) is 0 Å². The fourth-order valence-corrected chi connectivity index (χ4v) is 1.92. The highest BCUT2D eigenvalue weighted by molar-refractivity contribution is 5.69. The predicted octanol–water partition coefficient (Wildman–Crippen LogP) is 0.0878. The molecular formula is C14H31N3O6. The van der Waals surface area contributed by atoms with E-state index in [0.29, 0.717) is 33.1 Å². The maximum atomic E-state index is 10.8. The summed E-state index contributed by atoms with van der Waals surface area (Å²) < 4.78 is 0. The number of rotatable bonds is 16. The van der Waals surface area contributed by atoms with Crippen molar-refractivity contribution in [3.05, 3.63) is 0 Å². The van der Waals surface area contributed by atoms with E-state index >= 15 is 0 Å². The molecule has 0 fully saturated rings. The van der Waals surface area contributed by atoms with E-state index < -0.39 is 5.97 Å². The van der Waals surface area contributed by atoms with Crippen LogP contribution in [0.2, 0.25) is 0 Å². The second kappa shape index (κ2) is 14.8. The lowest BCUT2D eigenvalue weighted by Gasteiger charge is -2.27. The molecule has 0 saturated heterocycles. The van der Waals surface area contributed by atoms with Crippen LogP contribution in [-0.2, 0) is 24.3 Å². The zero-order valence-electron chi connectivity index (χ0n) is 14.7. The van der Waals surface area contributed by atoms with Crippen molar-refractivity contribution < 1.29 is 29.5 Å². The summed E-state index contributed by atoms with van der Waals surface area (Å²) >= 11 is 0. The van der Waals surface area contributed by atoms with Gasteiger partial charge in [0.1, 0.15) is 13.5 Å². The Morgan fingerprint density at radius 2 is 1.26 bits per heavy atom. The van der Waals surface area contributed by atoms with Crippen LogP contribution in [0.1, 0.15) is 13.8 Å². The van der Waals surface area contributed by atoms with E-state index in [2.05, 4.69) is 19.6 Å². The molecular weight excluding hydrogens is 306 g/mol. The first kappa shape index (κ1) is 22.2. The second-order valence-electron chi connectivity index (χ2n) is 4.92. The van der Waals surface area contributed by atoms with Gasteiger partial charge in [0.15, 0.2) is 0 Å². The lowest BCUT2D eigenvalue weighted by molar-refractivity contribution is -0.300. The number of carboxylic acid groups (broad SMARTS) is 1. The molecule has 23 heavy (non-hydrogen) atoms. The van der Waals surface area contributed by atoms with Gasteiger partial charge in [-0.25, -0.2) is 19.6 Å². The topological polar surface area (TPSA) is 83.9 Å². The molecule has 0 aromatic rings. The Morgan fingerprint density at radius 1 is 0.826 bits per heavy atom. The van der Waals surface area contributed by atoms with Gasteiger partial charge in [0.25, 0.3) is 0 Å². The molecule has 0 heterocycles. The van der Waals surface area contributed by atoms with Crippen LogP contribution in [0, 0.1) is 0 Å². The normalized spacial score (nSPS) is 11.8. The van der Waals surface area contributed by atoms with Crippen LogP contribution in [0.25, 0.3) is 0 Å². The molecule has 0 rings (SSSR count). The molecule has 0 aromatic carbocycles.